The summed E-state index contributed by atoms with van der Waals surface area (Å²) in [7, 11) is 1.32. The van der Waals surface area contributed by atoms with E-state index < -0.39 is 17.6 Å². The van der Waals surface area contributed by atoms with Gasteiger partial charge in [0.25, 0.3) is 0 Å². The Kier molecular flexibility index (Phi) is 5.75. The van der Waals surface area contributed by atoms with E-state index in [9.17, 15) is 9.59 Å². The highest BCUT2D eigenvalue weighted by Crippen LogP contribution is 2.21. The van der Waals surface area contributed by atoms with Crippen molar-refractivity contribution in [3.8, 4) is 0 Å². The Morgan fingerprint density at radius 3 is 2.63 bits per heavy atom. The van der Waals surface area contributed by atoms with Crippen molar-refractivity contribution in [1.82, 2.24) is 5.32 Å². The zero-order valence-corrected chi connectivity index (χ0v) is 11.9. The van der Waals surface area contributed by atoms with Crippen LogP contribution in [0.2, 0.25) is 0 Å². The molecular formula is C13H24N2O4. The molecule has 6 heteroatoms. The van der Waals surface area contributed by atoms with E-state index in [2.05, 4.69) is 5.32 Å². The molecule has 1 aliphatic heterocycles. The minimum Gasteiger partial charge on any atom is -0.467 e. The van der Waals surface area contributed by atoms with Crippen molar-refractivity contribution in [3.05, 3.63) is 0 Å². The van der Waals surface area contributed by atoms with Gasteiger partial charge in [-0.1, -0.05) is 13.3 Å². The molecule has 0 radical (unpaired) electrons. The van der Waals surface area contributed by atoms with Gasteiger partial charge in [-0.3, -0.25) is 4.79 Å². The summed E-state index contributed by atoms with van der Waals surface area (Å²) in [6.45, 7) is 4.03. The van der Waals surface area contributed by atoms with Crippen molar-refractivity contribution in [3.63, 3.8) is 0 Å². The molecule has 3 N–H and O–H groups in total. The van der Waals surface area contributed by atoms with E-state index in [1.807, 2.05) is 6.92 Å². The molecule has 0 aromatic heterocycles. The molecule has 3 atom stereocenters. The Bertz CT molecular complexity index is 335. The zero-order chi connectivity index (χ0) is 14.5. The van der Waals surface area contributed by atoms with Gasteiger partial charge in [-0.25, -0.2) is 4.79 Å². The van der Waals surface area contributed by atoms with E-state index in [0.717, 1.165) is 12.8 Å². The predicted octanol–water partition coefficient (Wildman–Crippen LogP) is 0.341. The van der Waals surface area contributed by atoms with Gasteiger partial charge < -0.3 is 20.5 Å². The topological polar surface area (TPSA) is 90.7 Å². The number of methoxy groups -OCH3 is 1. The summed E-state index contributed by atoms with van der Waals surface area (Å²) < 4.78 is 10.3. The van der Waals surface area contributed by atoms with Crippen LogP contribution in [0.25, 0.3) is 0 Å². The second kappa shape index (κ2) is 6.86. The van der Waals surface area contributed by atoms with Gasteiger partial charge in [-0.05, 0) is 26.2 Å². The van der Waals surface area contributed by atoms with Crippen LogP contribution < -0.4 is 11.1 Å². The van der Waals surface area contributed by atoms with Crippen LogP contribution in [0.15, 0.2) is 0 Å². The van der Waals surface area contributed by atoms with Gasteiger partial charge in [-0.15, -0.1) is 0 Å². The third-order valence-electron chi connectivity index (χ3n) is 3.45. The Morgan fingerprint density at radius 1 is 1.47 bits per heavy atom. The minimum atomic E-state index is -0.995. The standard InChI is InChI=1S/C13H24N2O4/c1-4-7-13(2,12(17)18-3)15-11(16)10-6-5-9(8-14)19-10/h9-10H,4-8,14H2,1-3H3,(H,15,16)/t9-,10+,13?/m1/s1. The van der Waals surface area contributed by atoms with Gasteiger partial charge in [0, 0.05) is 6.54 Å². The largest absolute Gasteiger partial charge is 0.467 e. The predicted molar refractivity (Wildman–Crippen MR) is 70.4 cm³/mol. The number of carbonyl (C=O) groups excluding carboxylic acids is 2. The van der Waals surface area contributed by atoms with Crippen LogP contribution in [0.4, 0.5) is 0 Å². The van der Waals surface area contributed by atoms with Crippen molar-refractivity contribution in [2.45, 2.75) is 57.3 Å². The third-order valence-corrected chi connectivity index (χ3v) is 3.45. The van der Waals surface area contributed by atoms with Crippen LogP contribution in [0, 0.1) is 0 Å². The maximum absolute atomic E-state index is 12.1. The van der Waals surface area contributed by atoms with Crippen LogP contribution in [0.5, 0.6) is 0 Å². The number of rotatable bonds is 6. The highest BCUT2D eigenvalue weighted by atomic mass is 16.5. The normalized spacial score (nSPS) is 25.7. The van der Waals surface area contributed by atoms with Gasteiger partial charge in [-0.2, -0.15) is 0 Å². The lowest BCUT2D eigenvalue weighted by molar-refractivity contribution is -0.152. The molecule has 6 nitrogen and oxygen atoms in total. The number of carbonyl (C=O) groups is 2. The van der Waals surface area contributed by atoms with Crippen LogP contribution in [-0.2, 0) is 19.1 Å². The molecule has 1 fully saturated rings. The van der Waals surface area contributed by atoms with Crippen molar-refractivity contribution >= 4 is 11.9 Å². The number of hydrogen-bond acceptors (Lipinski definition) is 5. The summed E-state index contributed by atoms with van der Waals surface area (Å²) in [5.74, 6) is -0.701. The summed E-state index contributed by atoms with van der Waals surface area (Å²) in [6, 6.07) is 0. The molecule has 0 aromatic carbocycles. The van der Waals surface area contributed by atoms with E-state index in [-0.39, 0.29) is 12.0 Å². The molecule has 0 aromatic rings. The molecule has 1 unspecified atom stereocenters. The lowest BCUT2D eigenvalue weighted by Gasteiger charge is -2.28. The first-order valence-electron chi connectivity index (χ1n) is 6.72. The summed E-state index contributed by atoms with van der Waals surface area (Å²) in [5.41, 5.74) is 4.51. The fourth-order valence-electron chi connectivity index (χ4n) is 2.37. The second-order valence-corrected chi connectivity index (χ2v) is 5.12. The van der Waals surface area contributed by atoms with Crippen LogP contribution in [-0.4, -0.2) is 43.3 Å². The Hall–Kier alpha value is -1.14. The molecule has 0 spiro atoms. The highest BCUT2D eigenvalue weighted by Gasteiger charge is 2.39. The number of hydrogen-bond donors (Lipinski definition) is 2. The summed E-state index contributed by atoms with van der Waals surface area (Å²) in [6.07, 6.45) is 2.12. The monoisotopic (exact) mass is 272 g/mol. The number of esters is 1. The first-order chi connectivity index (χ1) is 8.96. The first kappa shape index (κ1) is 15.9. The average molecular weight is 272 g/mol. The van der Waals surface area contributed by atoms with E-state index in [0.29, 0.717) is 19.4 Å². The Morgan fingerprint density at radius 2 is 2.16 bits per heavy atom. The fourth-order valence-corrected chi connectivity index (χ4v) is 2.37. The lowest BCUT2D eigenvalue weighted by Crippen LogP contribution is -2.55. The average Bonchev–Trinajstić information content (AvgIpc) is 2.86. The third kappa shape index (κ3) is 3.91. The summed E-state index contributed by atoms with van der Waals surface area (Å²) in [4.78, 5) is 23.9. The van der Waals surface area contributed by atoms with Crippen LogP contribution in [0.3, 0.4) is 0 Å². The van der Waals surface area contributed by atoms with Crippen LogP contribution in [0.1, 0.15) is 39.5 Å². The van der Waals surface area contributed by atoms with Crippen molar-refractivity contribution < 1.29 is 19.1 Å². The number of nitrogens with two attached hydrogens (primary N) is 1. The maximum atomic E-state index is 12.1. The molecular weight excluding hydrogens is 248 g/mol. The van der Waals surface area contributed by atoms with Crippen molar-refractivity contribution in [2.24, 2.45) is 5.73 Å². The Balaban J connectivity index is 2.64. The molecule has 1 rings (SSSR count). The second-order valence-electron chi connectivity index (χ2n) is 5.12. The number of ether oxygens (including phenoxy) is 2. The SMILES string of the molecule is CCCC(C)(NC(=O)[C@@H]1CC[C@H](CN)O1)C(=O)OC. The molecule has 1 heterocycles. The molecule has 110 valence electrons. The van der Waals surface area contributed by atoms with Crippen molar-refractivity contribution in [2.75, 3.05) is 13.7 Å². The molecule has 1 saturated heterocycles. The Labute approximate surface area is 114 Å². The smallest absolute Gasteiger partial charge is 0.331 e. The van der Waals surface area contributed by atoms with Gasteiger partial charge in [0.15, 0.2) is 0 Å². The van der Waals surface area contributed by atoms with E-state index in [4.69, 9.17) is 15.2 Å². The molecule has 19 heavy (non-hydrogen) atoms. The molecule has 1 aliphatic rings. The zero-order valence-electron chi connectivity index (χ0n) is 11.9. The number of nitrogens with one attached hydrogen (secondary N) is 1. The van der Waals surface area contributed by atoms with E-state index in [1.54, 1.807) is 6.92 Å². The molecule has 0 aliphatic carbocycles. The minimum absolute atomic E-state index is 0.0636. The summed E-state index contributed by atoms with van der Waals surface area (Å²) in [5, 5.41) is 2.75. The van der Waals surface area contributed by atoms with E-state index in [1.165, 1.54) is 7.11 Å². The van der Waals surface area contributed by atoms with Gasteiger partial charge in [0.05, 0.1) is 13.2 Å². The maximum Gasteiger partial charge on any atom is 0.331 e. The fraction of sp³-hybridized carbons (Fsp3) is 0.846. The molecule has 1 amide bonds. The molecule has 0 bridgehead atoms. The first-order valence-corrected chi connectivity index (χ1v) is 6.72. The van der Waals surface area contributed by atoms with Crippen molar-refractivity contribution in [1.29, 1.82) is 0 Å². The van der Waals surface area contributed by atoms with Gasteiger partial charge >= 0.3 is 5.97 Å². The van der Waals surface area contributed by atoms with Gasteiger partial charge in [0.2, 0.25) is 5.91 Å². The quantitative estimate of drug-likeness (QED) is 0.680. The highest BCUT2D eigenvalue weighted by molar-refractivity contribution is 5.89. The van der Waals surface area contributed by atoms with Gasteiger partial charge in [0.1, 0.15) is 11.6 Å². The summed E-state index contributed by atoms with van der Waals surface area (Å²) >= 11 is 0. The van der Waals surface area contributed by atoms with Crippen LogP contribution >= 0.6 is 0 Å². The van der Waals surface area contributed by atoms with E-state index >= 15 is 0 Å². The number of amides is 1. The molecule has 0 saturated carbocycles. The lowest BCUT2D eigenvalue weighted by atomic mass is 9.95.